The molecule has 0 aromatic carbocycles. The van der Waals surface area contributed by atoms with Crippen molar-refractivity contribution in [2.75, 3.05) is 32.7 Å². The van der Waals surface area contributed by atoms with Crippen molar-refractivity contribution in [3.8, 4) is 5.75 Å². The molecular weight excluding hydrogens is 168 g/mol. The highest BCUT2D eigenvalue weighted by Crippen LogP contribution is 2.10. The maximum atomic E-state index is 5.33. The molecule has 0 spiro atoms. The number of hydrogen-bond donors (Lipinski definition) is 1. The molecule has 1 N–H and O–H groups in total. The lowest BCUT2D eigenvalue weighted by Gasteiger charge is -2.05. The minimum atomic E-state index is 0.553. The number of hydrogen-bond acceptors (Lipinski definition) is 4. The summed E-state index contributed by atoms with van der Waals surface area (Å²) >= 11 is 0. The summed E-state index contributed by atoms with van der Waals surface area (Å²) in [7, 11) is 3.47. The predicted octanol–water partition coefficient (Wildman–Crippen LogP) is 1.15. The number of ether oxygens (including phenoxy) is 2. The van der Waals surface area contributed by atoms with E-state index in [1.165, 1.54) is 0 Å². The summed E-state index contributed by atoms with van der Waals surface area (Å²) in [6.45, 7) is 1.14. The van der Waals surface area contributed by atoms with Gasteiger partial charge in [-0.3, -0.25) is 0 Å². The van der Waals surface area contributed by atoms with Gasteiger partial charge in [-0.1, -0.05) is 0 Å². The second-order valence-corrected chi connectivity index (χ2v) is 2.47. The Kier molecular flexibility index (Phi) is 4.05. The first-order valence-corrected chi connectivity index (χ1v) is 4.12. The van der Waals surface area contributed by atoms with Gasteiger partial charge in [0.2, 0.25) is 0 Å². The van der Waals surface area contributed by atoms with Crippen LogP contribution in [-0.2, 0) is 4.74 Å². The number of nitrogens with one attached hydrogen (secondary N) is 1. The van der Waals surface area contributed by atoms with Crippen LogP contribution in [0.25, 0.3) is 0 Å². The van der Waals surface area contributed by atoms with Crippen LogP contribution in [0.3, 0.4) is 0 Å². The number of aromatic nitrogens is 1. The summed E-state index contributed by atoms with van der Waals surface area (Å²) in [5.41, 5.74) is 0. The minimum absolute atomic E-state index is 0.553. The van der Waals surface area contributed by atoms with Gasteiger partial charge in [-0.25, -0.2) is 4.98 Å². The van der Waals surface area contributed by atoms with Crippen LogP contribution in [0, 0.1) is 0 Å². The first-order valence-electron chi connectivity index (χ1n) is 4.12. The lowest BCUT2D eigenvalue weighted by atomic mass is 10.4. The number of methoxy groups -OCH3 is 1. The van der Waals surface area contributed by atoms with E-state index in [2.05, 4.69) is 10.3 Å². The topological polar surface area (TPSA) is 43.4 Å². The molecule has 4 nitrogen and oxygen atoms in total. The molecule has 4 heteroatoms. The van der Waals surface area contributed by atoms with Gasteiger partial charge in [0, 0.05) is 14.2 Å². The van der Waals surface area contributed by atoms with Crippen molar-refractivity contribution in [1.82, 2.24) is 4.98 Å². The van der Waals surface area contributed by atoms with Crippen LogP contribution in [0.2, 0.25) is 0 Å². The molecule has 1 aromatic heterocycles. The van der Waals surface area contributed by atoms with Crippen molar-refractivity contribution in [1.29, 1.82) is 0 Å². The second-order valence-electron chi connectivity index (χ2n) is 2.47. The quantitative estimate of drug-likeness (QED) is 0.694. The molecule has 0 radical (unpaired) electrons. The van der Waals surface area contributed by atoms with Crippen molar-refractivity contribution >= 4 is 5.82 Å². The molecule has 72 valence electrons. The molecule has 0 saturated carbocycles. The molecule has 13 heavy (non-hydrogen) atoms. The van der Waals surface area contributed by atoms with E-state index in [0.29, 0.717) is 13.2 Å². The number of rotatable bonds is 5. The summed E-state index contributed by atoms with van der Waals surface area (Å²) in [4.78, 5) is 4.10. The van der Waals surface area contributed by atoms with Crippen LogP contribution >= 0.6 is 0 Å². The van der Waals surface area contributed by atoms with Crippen molar-refractivity contribution in [3.05, 3.63) is 18.3 Å². The molecule has 1 aromatic rings. The van der Waals surface area contributed by atoms with E-state index < -0.39 is 0 Å². The summed E-state index contributed by atoms with van der Waals surface area (Å²) in [5.74, 6) is 1.59. The first-order chi connectivity index (χ1) is 6.36. The van der Waals surface area contributed by atoms with Gasteiger partial charge in [0.25, 0.3) is 0 Å². The molecule has 0 atom stereocenters. The van der Waals surface area contributed by atoms with E-state index in [4.69, 9.17) is 9.47 Å². The second kappa shape index (κ2) is 5.37. The van der Waals surface area contributed by atoms with E-state index in [0.717, 1.165) is 11.6 Å². The third-order valence-corrected chi connectivity index (χ3v) is 1.55. The first kappa shape index (κ1) is 9.80. The lowest BCUT2D eigenvalue weighted by molar-refractivity contribution is 0.146. The normalized spacial score (nSPS) is 9.69. The Morgan fingerprint density at radius 3 is 2.77 bits per heavy atom. The lowest BCUT2D eigenvalue weighted by Crippen LogP contribution is -2.04. The molecule has 0 saturated heterocycles. The molecule has 0 unspecified atom stereocenters. The van der Waals surface area contributed by atoms with Crippen molar-refractivity contribution in [2.45, 2.75) is 0 Å². The molecule has 0 bridgehead atoms. The Morgan fingerprint density at radius 2 is 2.23 bits per heavy atom. The Bertz CT molecular complexity index is 236. The largest absolute Gasteiger partial charge is 0.490 e. The summed E-state index contributed by atoms with van der Waals surface area (Å²) in [6, 6.07) is 3.73. The van der Waals surface area contributed by atoms with Gasteiger partial charge in [0.15, 0.2) is 0 Å². The summed E-state index contributed by atoms with van der Waals surface area (Å²) in [5, 5.41) is 2.93. The zero-order chi connectivity index (χ0) is 9.52. The van der Waals surface area contributed by atoms with E-state index >= 15 is 0 Å². The smallest absolute Gasteiger partial charge is 0.137 e. The van der Waals surface area contributed by atoms with Crippen LogP contribution in [0.5, 0.6) is 5.75 Å². The van der Waals surface area contributed by atoms with Crippen LogP contribution in [0.1, 0.15) is 0 Å². The van der Waals surface area contributed by atoms with Crippen molar-refractivity contribution in [2.24, 2.45) is 0 Å². The van der Waals surface area contributed by atoms with Crippen LogP contribution in [-0.4, -0.2) is 32.4 Å². The zero-order valence-corrected chi connectivity index (χ0v) is 7.91. The van der Waals surface area contributed by atoms with Crippen molar-refractivity contribution in [3.63, 3.8) is 0 Å². The fraction of sp³-hybridized carbons (Fsp3) is 0.444. The fourth-order valence-corrected chi connectivity index (χ4v) is 0.856. The van der Waals surface area contributed by atoms with Gasteiger partial charge < -0.3 is 14.8 Å². The molecule has 0 aliphatic heterocycles. The molecule has 0 aliphatic carbocycles. The van der Waals surface area contributed by atoms with Gasteiger partial charge >= 0.3 is 0 Å². The van der Waals surface area contributed by atoms with E-state index in [1.807, 2.05) is 19.2 Å². The predicted molar refractivity (Wildman–Crippen MR) is 51.2 cm³/mol. The summed E-state index contributed by atoms with van der Waals surface area (Å²) < 4.78 is 10.2. The maximum absolute atomic E-state index is 5.33. The van der Waals surface area contributed by atoms with Crippen LogP contribution < -0.4 is 10.1 Å². The number of pyridine rings is 1. The van der Waals surface area contributed by atoms with Gasteiger partial charge in [-0.05, 0) is 12.1 Å². The zero-order valence-electron chi connectivity index (χ0n) is 7.91. The number of nitrogens with zero attached hydrogens (tertiary/aromatic N) is 1. The number of anilines is 1. The molecule has 0 fully saturated rings. The Labute approximate surface area is 77.9 Å². The summed E-state index contributed by atoms with van der Waals surface area (Å²) in [6.07, 6.45) is 1.68. The van der Waals surface area contributed by atoms with E-state index in [9.17, 15) is 0 Å². The highest BCUT2D eigenvalue weighted by Gasteiger charge is 1.93. The van der Waals surface area contributed by atoms with E-state index in [1.54, 1.807) is 13.3 Å². The third kappa shape index (κ3) is 3.29. The standard InChI is InChI=1S/C9H14N2O2/c1-10-9-4-3-8(7-11-9)13-6-5-12-2/h3-4,7H,5-6H2,1-2H3,(H,10,11). The molecule has 0 amide bonds. The monoisotopic (exact) mass is 182 g/mol. The van der Waals surface area contributed by atoms with Gasteiger partial charge in [-0.2, -0.15) is 0 Å². The highest BCUT2D eigenvalue weighted by atomic mass is 16.5. The molecule has 0 aliphatic rings. The Hall–Kier alpha value is -1.29. The SMILES string of the molecule is CNc1ccc(OCCOC)cn1. The Morgan fingerprint density at radius 1 is 1.38 bits per heavy atom. The molecular formula is C9H14N2O2. The average molecular weight is 182 g/mol. The molecule has 1 heterocycles. The van der Waals surface area contributed by atoms with Gasteiger partial charge in [-0.15, -0.1) is 0 Å². The van der Waals surface area contributed by atoms with Gasteiger partial charge in [0.05, 0.1) is 12.8 Å². The third-order valence-electron chi connectivity index (χ3n) is 1.55. The average Bonchev–Trinajstić information content (AvgIpc) is 2.19. The maximum Gasteiger partial charge on any atom is 0.137 e. The van der Waals surface area contributed by atoms with E-state index in [-0.39, 0.29) is 0 Å². The van der Waals surface area contributed by atoms with Crippen LogP contribution in [0.15, 0.2) is 18.3 Å². The Balaban J connectivity index is 2.40. The fourth-order valence-electron chi connectivity index (χ4n) is 0.856. The highest BCUT2D eigenvalue weighted by molar-refractivity contribution is 5.36. The molecule has 1 rings (SSSR count). The minimum Gasteiger partial charge on any atom is -0.490 e. The van der Waals surface area contributed by atoms with Crippen LogP contribution in [0.4, 0.5) is 5.82 Å². The van der Waals surface area contributed by atoms with Crippen molar-refractivity contribution < 1.29 is 9.47 Å². The van der Waals surface area contributed by atoms with Gasteiger partial charge in [0.1, 0.15) is 18.2 Å².